The maximum Gasteiger partial charge on any atom is 0.270 e. The summed E-state index contributed by atoms with van der Waals surface area (Å²) in [6.07, 6.45) is 1.72. The lowest BCUT2D eigenvalue weighted by Crippen LogP contribution is -1.93. The van der Waals surface area contributed by atoms with E-state index < -0.39 is 4.92 Å². The Bertz CT molecular complexity index is 464. The highest BCUT2D eigenvalue weighted by Gasteiger charge is 2.04. The molecule has 0 heterocycles. The number of hydrogen-bond acceptors (Lipinski definition) is 4. The fourth-order valence-corrected chi connectivity index (χ4v) is 1.16. The van der Waals surface area contributed by atoms with Crippen molar-refractivity contribution in [3.63, 3.8) is 0 Å². The van der Waals surface area contributed by atoms with Crippen LogP contribution in [0.5, 0.6) is 0 Å². The van der Waals surface area contributed by atoms with Gasteiger partial charge in [0.05, 0.1) is 10.6 Å². The highest BCUT2D eigenvalue weighted by atomic mass is 16.6. The molecule has 0 unspecified atom stereocenters. The SMILES string of the molecule is CC(=Cc1cccc([N+](=O)[O-])c1)/C(C)=N\O. The zero-order chi connectivity index (χ0) is 12.1. The second-order valence-electron chi connectivity index (χ2n) is 3.36. The molecule has 1 aromatic carbocycles. The summed E-state index contributed by atoms with van der Waals surface area (Å²) in [5.41, 5.74) is 1.98. The Morgan fingerprint density at radius 2 is 2.19 bits per heavy atom. The molecule has 0 aliphatic carbocycles. The van der Waals surface area contributed by atoms with Gasteiger partial charge in [0.15, 0.2) is 0 Å². The van der Waals surface area contributed by atoms with Gasteiger partial charge in [-0.15, -0.1) is 0 Å². The number of nitro benzene ring substituents is 1. The minimum absolute atomic E-state index is 0.0418. The minimum Gasteiger partial charge on any atom is -0.411 e. The number of nitrogens with zero attached hydrogens (tertiary/aromatic N) is 2. The molecule has 0 radical (unpaired) electrons. The predicted octanol–water partition coefficient (Wildman–Crippen LogP) is 2.85. The van der Waals surface area contributed by atoms with Gasteiger partial charge in [0, 0.05) is 12.1 Å². The fourth-order valence-electron chi connectivity index (χ4n) is 1.16. The summed E-state index contributed by atoms with van der Waals surface area (Å²) in [7, 11) is 0. The van der Waals surface area contributed by atoms with Crippen LogP contribution in [0.25, 0.3) is 6.08 Å². The first kappa shape index (κ1) is 11.9. The van der Waals surface area contributed by atoms with Crippen LogP contribution in [0.15, 0.2) is 35.0 Å². The predicted molar refractivity (Wildman–Crippen MR) is 61.6 cm³/mol. The van der Waals surface area contributed by atoms with E-state index in [1.165, 1.54) is 12.1 Å². The summed E-state index contributed by atoms with van der Waals surface area (Å²) in [5, 5.41) is 22.2. The molecule has 0 aliphatic rings. The Labute approximate surface area is 92.9 Å². The van der Waals surface area contributed by atoms with Gasteiger partial charge in [-0.2, -0.15) is 0 Å². The van der Waals surface area contributed by atoms with Crippen molar-refractivity contribution in [3.8, 4) is 0 Å². The summed E-state index contributed by atoms with van der Waals surface area (Å²) in [5.74, 6) is 0. The maximum absolute atomic E-state index is 10.6. The number of non-ortho nitro benzene ring substituents is 1. The molecule has 1 aromatic rings. The van der Waals surface area contributed by atoms with Crippen molar-refractivity contribution in [1.82, 2.24) is 0 Å². The summed E-state index contributed by atoms with van der Waals surface area (Å²) in [4.78, 5) is 10.1. The molecule has 5 heteroatoms. The summed E-state index contributed by atoms with van der Waals surface area (Å²) in [6, 6.07) is 6.26. The summed E-state index contributed by atoms with van der Waals surface area (Å²) in [6.45, 7) is 3.43. The number of nitro groups is 1. The first-order chi connectivity index (χ1) is 7.54. The van der Waals surface area contributed by atoms with Crippen LogP contribution >= 0.6 is 0 Å². The molecule has 1 rings (SSSR count). The molecule has 84 valence electrons. The largest absolute Gasteiger partial charge is 0.411 e. The highest BCUT2D eigenvalue weighted by Crippen LogP contribution is 2.15. The smallest absolute Gasteiger partial charge is 0.270 e. The van der Waals surface area contributed by atoms with Gasteiger partial charge in [-0.3, -0.25) is 10.1 Å². The lowest BCUT2D eigenvalue weighted by molar-refractivity contribution is -0.384. The molecule has 0 bridgehead atoms. The van der Waals surface area contributed by atoms with E-state index in [9.17, 15) is 10.1 Å². The van der Waals surface area contributed by atoms with Crippen molar-refractivity contribution in [2.24, 2.45) is 5.16 Å². The quantitative estimate of drug-likeness (QED) is 0.368. The first-order valence-electron chi connectivity index (χ1n) is 4.66. The monoisotopic (exact) mass is 220 g/mol. The summed E-state index contributed by atoms with van der Waals surface area (Å²) < 4.78 is 0. The van der Waals surface area contributed by atoms with Crippen molar-refractivity contribution in [1.29, 1.82) is 0 Å². The number of benzene rings is 1. The van der Waals surface area contributed by atoms with Gasteiger partial charge in [-0.25, -0.2) is 0 Å². The van der Waals surface area contributed by atoms with E-state index in [2.05, 4.69) is 5.16 Å². The molecular formula is C11H12N2O3. The van der Waals surface area contributed by atoms with Crippen LogP contribution in [-0.4, -0.2) is 15.8 Å². The van der Waals surface area contributed by atoms with Crippen LogP contribution in [0.3, 0.4) is 0 Å². The molecule has 0 atom stereocenters. The van der Waals surface area contributed by atoms with Crippen LogP contribution in [0, 0.1) is 10.1 Å². The average Bonchev–Trinajstić information content (AvgIpc) is 2.28. The number of hydrogen-bond donors (Lipinski definition) is 1. The molecule has 0 spiro atoms. The molecule has 0 aliphatic heterocycles. The van der Waals surface area contributed by atoms with E-state index in [1.54, 1.807) is 32.1 Å². The number of oxime groups is 1. The van der Waals surface area contributed by atoms with Crippen molar-refractivity contribution < 1.29 is 10.1 Å². The third-order valence-corrected chi connectivity index (χ3v) is 2.18. The molecule has 16 heavy (non-hydrogen) atoms. The summed E-state index contributed by atoms with van der Waals surface area (Å²) >= 11 is 0. The van der Waals surface area contributed by atoms with E-state index >= 15 is 0 Å². The second-order valence-corrected chi connectivity index (χ2v) is 3.36. The minimum atomic E-state index is -0.445. The van der Waals surface area contributed by atoms with Crippen LogP contribution in [0.4, 0.5) is 5.69 Å². The number of allylic oxidation sites excluding steroid dienone is 1. The van der Waals surface area contributed by atoms with Crippen molar-refractivity contribution >= 4 is 17.5 Å². The third kappa shape index (κ3) is 2.91. The van der Waals surface area contributed by atoms with E-state index in [4.69, 9.17) is 5.21 Å². The van der Waals surface area contributed by atoms with E-state index in [1.807, 2.05) is 0 Å². The Balaban J connectivity index is 3.06. The van der Waals surface area contributed by atoms with E-state index in [0.717, 1.165) is 5.57 Å². The van der Waals surface area contributed by atoms with Gasteiger partial charge in [0.1, 0.15) is 0 Å². The van der Waals surface area contributed by atoms with Crippen LogP contribution in [-0.2, 0) is 0 Å². The molecule has 0 saturated heterocycles. The third-order valence-electron chi connectivity index (χ3n) is 2.18. The zero-order valence-electron chi connectivity index (χ0n) is 9.04. The molecule has 0 saturated carbocycles. The van der Waals surface area contributed by atoms with Crippen molar-refractivity contribution in [3.05, 3.63) is 45.5 Å². The van der Waals surface area contributed by atoms with Crippen molar-refractivity contribution in [2.45, 2.75) is 13.8 Å². The van der Waals surface area contributed by atoms with Gasteiger partial charge in [0.25, 0.3) is 5.69 Å². The average molecular weight is 220 g/mol. The van der Waals surface area contributed by atoms with E-state index in [-0.39, 0.29) is 5.69 Å². The second kappa shape index (κ2) is 5.06. The van der Waals surface area contributed by atoms with Crippen LogP contribution < -0.4 is 0 Å². The lowest BCUT2D eigenvalue weighted by Gasteiger charge is -1.99. The molecular weight excluding hydrogens is 208 g/mol. The number of rotatable bonds is 3. The highest BCUT2D eigenvalue weighted by molar-refractivity contribution is 6.01. The normalized spacial score (nSPS) is 12.6. The fraction of sp³-hybridized carbons (Fsp3) is 0.182. The Hall–Kier alpha value is -2.17. The molecule has 0 aromatic heterocycles. The van der Waals surface area contributed by atoms with Crippen LogP contribution in [0.1, 0.15) is 19.4 Å². The first-order valence-corrected chi connectivity index (χ1v) is 4.66. The van der Waals surface area contributed by atoms with Crippen LogP contribution in [0.2, 0.25) is 0 Å². The topological polar surface area (TPSA) is 75.7 Å². The standard InChI is InChI=1S/C11H12N2O3/c1-8(9(2)12-14)6-10-4-3-5-11(7-10)13(15)16/h3-7,14H,1-2H3/b8-6?,12-9-. The van der Waals surface area contributed by atoms with Gasteiger partial charge in [-0.1, -0.05) is 17.3 Å². The Kier molecular flexibility index (Phi) is 3.77. The van der Waals surface area contributed by atoms with Gasteiger partial charge in [-0.05, 0) is 31.1 Å². The van der Waals surface area contributed by atoms with Crippen molar-refractivity contribution in [2.75, 3.05) is 0 Å². The molecule has 5 nitrogen and oxygen atoms in total. The van der Waals surface area contributed by atoms with Gasteiger partial charge >= 0.3 is 0 Å². The Morgan fingerprint density at radius 3 is 2.75 bits per heavy atom. The van der Waals surface area contributed by atoms with E-state index in [0.29, 0.717) is 11.3 Å². The molecule has 0 fully saturated rings. The Morgan fingerprint density at radius 1 is 1.50 bits per heavy atom. The molecule has 1 N–H and O–H groups in total. The lowest BCUT2D eigenvalue weighted by atomic mass is 10.1. The van der Waals surface area contributed by atoms with Gasteiger partial charge in [0.2, 0.25) is 0 Å². The van der Waals surface area contributed by atoms with Gasteiger partial charge < -0.3 is 5.21 Å². The zero-order valence-corrected chi connectivity index (χ0v) is 9.04. The maximum atomic E-state index is 10.6. The molecule has 0 amide bonds.